The number of nitrogens with zero attached hydrogens (tertiary/aromatic N) is 1. The van der Waals surface area contributed by atoms with Crippen molar-refractivity contribution in [2.24, 2.45) is 0 Å². The van der Waals surface area contributed by atoms with E-state index in [0.29, 0.717) is 0 Å². The molecule has 1 nitrogen and oxygen atoms in total. The van der Waals surface area contributed by atoms with Crippen LogP contribution in [0.15, 0.2) is 54.3 Å². The fraction of sp³-hybridized carbons (Fsp3) is 0.292. The Bertz CT molecular complexity index is 879. The average molecular weight is 332 g/mol. The molecule has 0 spiro atoms. The van der Waals surface area contributed by atoms with E-state index in [-0.39, 0.29) is 0 Å². The number of allylic oxidation sites excluding steroid dienone is 3. The van der Waals surface area contributed by atoms with Crippen LogP contribution < -0.4 is 0 Å². The summed E-state index contributed by atoms with van der Waals surface area (Å²) in [6.07, 6.45) is 1.95. The predicted molar refractivity (Wildman–Crippen MR) is 110 cm³/mol. The molecule has 25 heavy (non-hydrogen) atoms. The van der Waals surface area contributed by atoms with Gasteiger partial charge in [0.25, 0.3) is 0 Å². The maximum Gasteiger partial charge on any atom is 0.0454 e. The van der Waals surface area contributed by atoms with Gasteiger partial charge in [-0.1, -0.05) is 48.1 Å². The van der Waals surface area contributed by atoms with E-state index in [1.807, 2.05) is 6.20 Å². The molecule has 130 valence electrons. The molecule has 0 radical (unpaired) electrons. The topological polar surface area (TPSA) is 12.9 Å². The van der Waals surface area contributed by atoms with Crippen LogP contribution in [0.2, 0.25) is 0 Å². The standard InChI is InChI=1S/C24H29N/c1-14(2)22(15(3)4)24(21-11-10-16(5)12-17(21)6)23-19(8)18(7)13-25-20(23)9/h10-13H,1,3H2,2,4-9H3. The molecule has 0 aliphatic carbocycles. The monoisotopic (exact) mass is 331 g/mol. The predicted octanol–water partition coefficient (Wildman–Crippen LogP) is 6.58. The first-order chi connectivity index (χ1) is 11.6. The molecule has 0 atom stereocenters. The van der Waals surface area contributed by atoms with Crippen LogP contribution in [-0.4, -0.2) is 4.98 Å². The lowest BCUT2D eigenvalue weighted by Gasteiger charge is -2.22. The summed E-state index contributed by atoms with van der Waals surface area (Å²) in [7, 11) is 0. The molecule has 2 rings (SSSR count). The molecule has 0 aliphatic rings. The van der Waals surface area contributed by atoms with Crippen molar-refractivity contribution in [2.75, 3.05) is 0 Å². The van der Waals surface area contributed by atoms with Crippen molar-refractivity contribution in [3.63, 3.8) is 0 Å². The lowest BCUT2D eigenvalue weighted by atomic mass is 9.82. The van der Waals surface area contributed by atoms with Crippen LogP contribution in [0.25, 0.3) is 5.57 Å². The van der Waals surface area contributed by atoms with E-state index < -0.39 is 0 Å². The molecule has 1 aromatic heterocycles. The normalized spacial score (nSPS) is 10.5. The van der Waals surface area contributed by atoms with Crippen molar-refractivity contribution in [2.45, 2.75) is 48.5 Å². The van der Waals surface area contributed by atoms with Gasteiger partial charge in [-0.2, -0.15) is 0 Å². The molecule has 1 heteroatoms. The van der Waals surface area contributed by atoms with E-state index in [1.54, 1.807) is 0 Å². The summed E-state index contributed by atoms with van der Waals surface area (Å²) >= 11 is 0. The van der Waals surface area contributed by atoms with Crippen LogP contribution in [-0.2, 0) is 0 Å². The minimum atomic E-state index is 1.03. The Labute approximate surface area is 152 Å². The van der Waals surface area contributed by atoms with Gasteiger partial charge in [0.1, 0.15) is 0 Å². The summed E-state index contributed by atoms with van der Waals surface area (Å²) < 4.78 is 0. The van der Waals surface area contributed by atoms with Gasteiger partial charge in [0.2, 0.25) is 0 Å². The maximum absolute atomic E-state index is 4.64. The third-order valence-corrected chi connectivity index (χ3v) is 4.78. The molecule has 0 unspecified atom stereocenters. The first-order valence-electron chi connectivity index (χ1n) is 8.72. The highest BCUT2D eigenvalue weighted by Crippen LogP contribution is 2.38. The summed E-state index contributed by atoms with van der Waals surface area (Å²) in [5.74, 6) is 0. The Morgan fingerprint density at radius 3 is 2.00 bits per heavy atom. The van der Waals surface area contributed by atoms with E-state index in [0.717, 1.165) is 22.4 Å². The Balaban J connectivity index is 3.03. The molecule has 1 heterocycles. The van der Waals surface area contributed by atoms with Gasteiger partial charge in [-0.25, -0.2) is 0 Å². The van der Waals surface area contributed by atoms with Crippen molar-refractivity contribution >= 4 is 5.57 Å². The molecule has 0 N–H and O–H groups in total. The summed E-state index contributed by atoms with van der Waals surface area (Å²) in [5, 5.41) is 0. The second kappa shape index (κ2) is 7.23. The zero-order valence-electron chi connectivity index (χ0n) is 16.7. The number of aryl methyl sites for hydroxylation is 4. The quantitative estimate of drug-likeness (QED) is 0.577. The molecule has 0 saturated carbocycles. The van der Waals surface area contributed by atoms with E-state index in [1.165, 1.54) is 39.0 Å². The number of rotatable bonds is 4. The number of pyridine rings is 1. The molecule has 0 saturated heterocycles. The minimum absolute atomic E-state index is 1.03. The summed E-state index contributed by atoms with van der Waals surface area (Å²) in [5.41, 5.74) is 12.9. The van der Waals surface area contributed by atoms with Gasteiger partial charge in [-0.05, 0) is 81.9 Å². The Hall–Kier alpha value is -2.41. The SMILES string of the molecule is C=C(C)C(C(=C)C)=C(c1ccc(C)cc1C)c1c(C)ncc(C)c1C. The third-order valence-electron chi connectivity index (χ3n) is 4.78. The molecule has 1 aromatic carbocycles. The van der Waals surface area contributed by atoms with Crippen LogP contribution in [0.1, 0.15) is 52.9 Å². The molecule has 0 fully saturated rings. The molecule has 2 aromatic rings. The van der Waals surface area contributed by atoms with Crippen molar-refractivity contribution < 1.29 is 0 Å². The first-order valence-corrected chi connectivity index (χ1v) is 8.72. The van der Waals surface area contributed by atoms with Crippen molar-refractivity contribution in [1.82, 2.24) is 4.98 Å². The molecular formula is C24H29N. The zero-order chi connectivity index (χ0) is 18.9. The van der Waals surface area contributed by atoms with E-state index in [4.69, 9.17) is 0 Å². The highest BCUT2D eigenvalue weighted by atomic mass is 14.7. The number of aromatic nitrogens is 1. The molecule has 0 bridgehead atoms. The Kier molecular flexibility index (Phi) is 5.47. The van der Waals surface area contributed by atoms with Crippen LogP contribution in [0.4, 0.5) is 0 Å². The van der Waals surface area contributed by atoms with Gasteiger partial charge in [0.05, 0.1) is 0 Å². The average Bonchev–Trinajstić information content (AvgIpc) is 2.50. The minimum Gasteiger partial charge on any atom is -0.261 e. The highest BCUT2D eigenvalue weighted by Gasteiger charge is 2.20. The highest BCUT2D eigenvalue weighted by molar-refractivity contribution is 5.90. The van der Waals surface area contributed by atoms with Crippen LogP contribution in [0, 0.1) is 34.6 Å². The van der Waals surface area contributed by atoms with Crippen molar-refractivity contribution in [3.8, 4) is 0 Å². The Morgan fingerprint density at radius 1 is 0.880 bits per heavy atom. The van der Waals surface area contributed by atoms with Crippen LogP contribution in [0.3, 0.4) is 0 Å². The molecule has 0 amide bonds. The third kappa shape index (κ3) is 3.66. The second-order valence-corrected chi connectivity index (χ2v) is 7.16. The van der Waals surface area contributed by atoms with E-state index >= 15 is 0 Å². The lowest BCUT2D eigenvalue weighted by Crippen LogP contribution is -2.05. The van der Waals surface area contributed by atoms with Crippen molar-refractivity contribution in [1.29, 1.82) is 0 Å². The number of hydrogen-bond acceptors (Lipinski definition) is 1. The van der Waals surface area contributed by atoms with Gasteiger partial charge in [0, 0.05) is 17.5 Å². The van der Waals surface area contributed by atoms with E-state index in [2.05, 4.69) is 84.8 Å². The van der Waals surface area contributed by atoms with Crippen LogP contribution >= 0.6 is 0 Å². The van der Waals surface area contributed by atoms with Crippen LogP contribution in [0.5, 0.6) is 0 Å². The van der Waals surface area contributed by atoms with Crippen molar-refractivity contribution in [3.05, 3.63) is 93.3 Å². The van der Waals surface area contributed by atoms with Gasteiger partial charge >= 0.3 is 0 Å². The number of hydrogen-bond donors (Lipinski definition) is 0. The van der Waals surface area contributed by atoms with Gasteiger partial charge < -0.3 is 0 Å². The Morgan fingerprint density at radius 2 is 1.48 bits per heavy atom. The summed E-state index contributed by atoms with van der Waals surface area (Å²) in [6.45, 7) is 23.3. The van der Waals surface area contributed by atoms with E-state index in [9.17, 15) is 0 Å². The number of benzene rings is 1. The largest absolute Gasteiger partial charge is 0.261 e. The smallest absolute Gasteiger partial charge is 0.0454 e. The summed E-state index contributed by atoms with van der Waals surface area (Å²) in [4.78, 5) is 4.64. The fourth-order valence-electron chi connectivity index (χ4n) is 3.47. The second-order valence-electron chi connectivity index (χ2n) is 7.16. The van der Waals surface area contributed by atoms with Gasteiger partial charge in [-0.15, -0.1) is 0 Å². The molecule has 0 aliphatic heterocycles. The zero-order valence-corrected chi connectivity index (χ0v) is 16.7. The maximum atomic E-state index is 4.64. The summed E-state index contributed by atoms with van der Waals surface area (Å²) in [6, 6.07) is 6.62. The fourth-order valence-corrected chi connectivity index (χ4v) is 3.47. The lowest BCUT2D eigenvalue weighted by molar-refractivity contribution is 1.11. The van der Waals surface area contributed by atoms with Gasteiger partial charge in [0.15, 0.2) is 0 Å². The molecular weight excluding hydrogens is 302 g/mol. The van der Waals surface area contributed by atoms with Gasteiger partial charge in [-0.3, -0.25) is 4.98 Å². The first kappa shape index (κ1) is 18.9.